The number of non-ortho nitro benzene ring substituents is 1. The molecule has 1 aromatic heterocycles. The summed E-state index contributed by atoms with van der Waals surface area (Å²) in [7, 11) is 1.59. The minimum absolute atomic E-state index is 0.0370. The topological polar surface area (TPSA) is 74.5 Å². The van der Waals surface area contributed by atoms with Crippen molar-refractivity contribution in [1.82, 2.24) is 4.98 Å². The van der Waals surface area contributed by atoms with Crippen molar-refractivity contribution in [1.29, 1.82) is 0 Å². The second-order valence-corrected chi connectivity index (χ2v) is 5.41. The molecule has 1 fully saturated rings. The number of nitro benzene ring substituents is 1. The monoisotopic (exact) mass is 308 g/mol. The third kappa shape index (κ3) is 2.41. The van der Waals surface area contributed by atoms with E-state index >= 15 is 0 Å². The first-order valence-electron chi connectivity index (χ1n) is 6.47. The molecular weight excluding hydrogens is 296 g/mol. The fourth-order valence-corrected chi connectivity index (χ4v) is 2.93. The number of nitrogens with zero attached hydrogens (tertiary/aromatic N) is 2. The molecule has 0 saturated heterocycles. The molecule has 1 saturated carbocycles. The number of ether oxygens (including phenoxy) is 2. The Morgan fingerprint density at radius 2 is 2.24 bits per heavy atom. The quantitative estimate of drug-likeness (QED) is 0.493. The van der Waals surface area contributed by atoms with Gasteiger partial charge in [-0.15, -0.1) is 11.6 Å². The standard InChI is InChI=1S/C14H13ClN2O4/c1-20-14-9(15)7-12(14)21-11-5-4-10(17(18)19)13-8(11)3-2-6-16-13/h2-6,9,12,14H,7H2,1H3. The van der Waals surface area contributed by atoms with Crippen molar-refractivity contribution in [2.24, 2.45) is 0 Å². The van der Waals surface area contributed by atoms with Crippen molar-refractivity contribution < 1.29 is 14.4 Å². The summed E-state index contributed by atoms with van der Waals surface area (Å²) in [5.41, 5.74) is 0.279. The number of fused-ring (bicyclic) bond motifs is 1. The van der Waals surface area contributed by atoms with Crippen LogP contribution in [0, 0.1) is 10.1 Å². The second kappa shape index (κ2) is 5.46. The van der Waals surface area contributed by atoms with Crippen molar-refractivity contribution >= 4 is 28.2 Å². The fraction of sp³-hybridized carbons (Fsp3) is 0.357. The van der Waals surface area contributed by atoms with Gasteiger partial charge < -0.3 is 9.47 Å². The molecule has 0 N–H and O–H groups in total. The lowest BCUT2D eigenvalue weighted by atomic mass is 9.91. The number of hydrogen-bond donors (Lipinski definition) is 0. The summed E-state index contributed by atoms with van der Waals surface area (Å²) in [5.74, 6) is 0.555. The summed E-state index contributed by atoms with van der Waals surface area (Å²) < 4.78 is 11.2. The number of methoxy groups -OCH3 is 1. The van der Waals surface area contributed by atoms with Gasteiger partial charge in [-0.05, 0) is 18.2 Å². The highest BCUT2D eigenvalue weighted by Gasteiger charge is 2.42. The molecule has 1 heterocycles. The van der Waals surface area contributed by atoms with Gasteiger partial charge in [-0.1, -0.05) is 0 Å². The van der Waals surface area contributed by atoms with Crippen LogP contribution in [0.4, 0.5) is 5.69 Å². The fourth-order valence-electron chi connectivity index (χ4n) is 2.49. The predicted octanol–water partition coefficient (Wildman–Crippen LogP) is 2.92. The van der Waals surface area contributed by atoms with Gasteiger partial charge in [0.1, 0.15) is 18.0 Å². The third-order valence-electron chi connectivity index (χ3n) is 3.64. The first-order chi connectivity index (χ1) is 10.1. The zero-order valence-corrected chi connectivity index (χ0v) is 12.0. The van der Waals surface area contributed by atoms with Crippen LogP contribution in [-0.2, 0) is 4.74 Å². The van der Waals surface area contributed by atoms with Gasteiger partial charge in [0.15, 0.2) is 5.52 Å². The Morgan fingerprint density at radius 3 is 2.90 bits per heavy atom. The molecule has 110 valence electrons. The SMILES string of the molecule is COC1C(Cl)CC1Oc1ccc([N+](=O)[O-])c2ncccc12. The summed E-state index contributed by atoms with van der Waals surface area (Å²) in [5, 5.41) is 11.6. The Hall–Kier alpha value is -1.92. The second-order valence-electron chi connectivity index (χ2n) is 4.85. The van der Waals surface area contributed by atoms with Gasteiger partial charge in [0.25, 0.3) is 5.69 Å². The molecule has 0 aliphatic heterocycles. The molecule has 0 spiro atoms. The minimum atomic E-state index is -0.449. The van der Waals surface area contributed by atoms with Crippen LogP contribution < -0.4 is 4.74 Å². The van der Waals surface area contributed by atoms with Crippen molar-refractivity contribution in [2.75, 3.05) is 7.11 Å². The molecule has 21 heavy (non-hydrogen) atoms. The van der Waals surface area contributed by atoms with Crippen LogP contribution in [0.2, 0.25) is 0 Å². The van der Waals surface area contributed by atoms with Crippen LogP contribution >= 0.6 is 11.6 Å². The van der Waals surface area contributed by atoms with Crippen molar-refractivity contribution in [3.05, 3.63) is 40.6 Å². The lowest BCUT2D eigenvalue weighted by Gasteiger charge is -2.39. The van der Waals surface area contributed by atoms with Gasteiger partial charge >= 0.3 is 0 Å². The number of halogens is 1. The summed E-state index contributed by atoms with van der Waals surface area (Å²) in [6.45, 7) is 0. The summed E-state index contributed by atoms with van der Waals surface area (Å²) >= 11 is 6.05. The molecule has 1 aliphatic rings. The predicted molar refractivity (Wildman–Crippen MR) is 77.9 cm³/mol. The van der Waals surface area contributed by atoms with Gasteiger partial charge in [-0.25, -0.2) is 4.98 Å². The summed E-state index contributed by atoms with van der Waals surface area (Å²) in [6.07, 6.45) is 1.88. The number of hydrogen-bond acceptors (Lipinski definition) is 5. The van der Waals surface area contributed by atoms with E-state index in [2.05, 4.69) is 4.98 Å². The molecule has 3 atom stereocenters. The lowest BCUT2D eigenvalue weighted by molar-refractivity contribution is -0.383. The molecule has 0 amide bonds. The average molecular weight is 309 g/mol. The zero-order chi connectivity index (χ0) is 15.0. The van der Waals surface area contributed by atoms with Gasteiger partial charge in [0.05, 0.1) is 10.3 Å². The molecule has 3 unspecified atom stereocenters. The van der Waals surface area contributed by atoms with Crippen LogP contribution in [0.5, 0.6) is 5.75 Å². The van der Waals surface area contributed by atoms with Crippen LogP contribution in [0.1, 0.15) is 6.42 Å². The first kappa shape index (κ1) is 14.0. The number of benzene rings is 1. The molecular formula is C14H13ClN2O4. The van der Waals surface area contributed by atoms with Gasteiger partial charge in [-0.3, -0.25) is 10.1 Å². The molecule has 2 aromatic rings. The zero-order valence-electron chi connectivity index (χ0n) is 11.2. The third-order valence-corrected chi connectivity index (χ3v) is 4.06. The first-order valence-corrected chi connectivity index (χ1v) is 6.91. The highest BCUT2D eigenvalue weighted by molar-refractivity contribution is 6.21. The molecule has 7 heteroatoms. The molecule has 6 nitrogen and oxygen atoms in total. The Morgan fingerprint density at radius 1 is 1.43 bits per heavy atom. The molecule has 0 bridgehead atoms. The normalized spacial score (nSPS) is 24.6. The number of rotatable bonds is 4. The molecule has 1 aromatic carbocycles. The van der Waals surface area contributed by atoms with E-state index in [1.165, 1.54) is 12.3 Å². The van der Waals surface area contributed by atoms with Crippen LogP contribution in [0.15, 0.2) is 30.5 Å². The maximum atomic E-state index is 11.0. The molecule has 0 radical (unpaired) electrons. The van der Waals surface area contributed by atoms with E-state index in [0.29, 0.717) is 23.1 Å². The van der Waals surface area contributed by atoms with E-state index in [1.807, 2.05) is 0 Å². The maximum Gasteiger partial charge on any atom is 0.295 e. The maximum absolute atomic E-state index is 11.0. The van der Waals surface area contributed by atoms with Crippen LogP contribution in [0.25, 0.3) is 10.9 Å². The Balaban J connectivity index is 1.97. The van der Waals surface area contributed by atoms with Crippen molar-refractivity contribution in [3.8, 4) is 5.75 Å². The van der Waals surface area contributed by atoms with E-state index in [0.717, 1.165) is 0 Å². The van der Waals surface area contributed by atoms with Crippen LogP contribution in [-0.4, -0.2) is 34.6 Å². The highest BCUT2D eigenvalue weighted by Crippen LogP contribution is 2.37. The van der Waals surface area contributed by atoms with E-state index in [9.17, 15) is 10.1 Å². The van der Waals surface area contributed by atoms with Crippen molar-refractivity contribution in [3.63, 3.8) is 0 Å². The molecule has 3 rings (SSSR count). The Bertz CT molecular complexity index is 694. The Kier molecular flexibility index (Phi) is 3.65. The number of pyridine rings is 1. The lowest BCUT2D eigenvalue weighted by Crippen LogP contribution is -2.52. The number of nitro groups is 1. The number of alkyl halides is 1. The Labute approximate surface area is 125 Å². The van der Waals surface area contributed by atoms with E-state index in [4.69, 9.17) is 21.1 Å². The van der Waals surface area contributed by atoms with Gasteiger partial charge in [0.2, 0.25) is 0 Å². The average Bonchev–Trinajstić information content (AvgIpc) is 2.46. The smallest absolute Gasteiger partial charge is 0.295 e. The van der Waals surface area contributed by atoms with Gasteiger partial charge in [-0.2, -0.15) is 0 Å². The van der Waals surface area contributed by atoms with E-state index in [-0.39, 0.29) is 23.3 Å². The molecule has 1 aliphatic carbocycles. The van der Waals surface area contributed by atoms with E-state index in [1.54, 1.807) is 25.3 Å². The summed E-state index contributed by atoms with van der Waals surface area (Å²) in [6, 6.07) is 6.47. The summed E-state index contributed by atoms with van der Waals surface area (Å²) in [4.78, 5) is 14.7. The minimum Gasteiger partial charge on any atom is -0.487 e. The van der Waals surface area contributed by atoms with E-state index < -0.39 is 4.92 Å². The van der Waals surface area contributed by atoms with Crippen molar-refractivity contribution in [2.45, 2.75) is 24.0 Å². The number of aromatic nitrogens is 1. The largest absolute Gasteiger partial charge is 0.487 e. The van der Waals surface area contributed by atoms with Gasteiger partial charge in [0, 0.05) is 31.2 Å². The highest BCUT2D eigenvalue weighted by atomic mass is 35.5. The van der Waals surface area contributed by atoms with Crippen LogP contribution in [0.3, 0.4) is 0 Å².